The maximum absolute atomic E-state index is 12.9. The molecule has 0 fully saturated rings. The normalized spacial score (nSPS) is 11.6. The van der Waals surface area contributed by atoms with Gasteiger partial charge in [-0.25, -0.2) is 8.78 Å². The average molecular weight is 227 g/mol. The molecule has 1 rings (SSSR count). The highest BCUT2D eigenvalue weighted by Gasteiger charge is 2.21. The minimum Gasteiger partial charge on any atom is -0.330 e. The van der Waals surface area contributed by atoms with Crippen LogP contribution in [0.4, 0.5) is 8.78 Å². The fourth-order valence-electron chi connectivity index (χ4n) is 1.28. The van der Waals surface area contributed by atoms with Gasteiger partial charge in [-0.3, -0.25) is 4.79 Å². The molecule has 16 heavy (non-hydrogen) atoms. The van der Waals surface area contributed by atoms with E-state index in [0.29, 0.717) is 6.54 Å². The largest absolute Gasteiger partial charge is 0.330 e. The summed E-state index contributed by atoms with van der Waals surface area (Å²) < 4.78 is 25.6. The van der Waals surface area contributed by atoms with Crippen molar-refractivity contribution in [3.8, 4) is 0 Å². The van der Waals surface area contributed by atoms with Crippen LogP contribution in [0.2, 0.25) is 0 Å². The van der Waals surface area contributed by atoms with Crippen LogP contribution in [0.15, 0.2) is 18.2 Å². The van der Waals surface area contributed by atoms with Gasteiger partial charge in [0.2, 0.25) is 0 Å². The van der Waals surface area contributed by atoms with Crippen molar-refractivity contribution in [3.05, 3.63) is 35.4 Å². The summed E-state index contributed by atoms with van der Waals surface area (Å²) in [6.07, 6.45) is 0.217. The van der Waals surface area contributed by atoms with Crippen molar-refractivity contribution in [3.63, 3.8) is 0 Å². The van der Waals surface area contributed by atoms with Crippen molar-refractivity contribution in [1.29, 1.82) is 0 Å². The first-order chi connectivity index (χ1) is 7.35. The lowest BCUT2D eigenvalue weighted by Gasteiger charge is -2.21. The highest BCUT2D eigenvalue weighted by Crippen LogP contribution is 2.21. The molecule has 2 N–H and O–H groups in total. The molecule has 1 aromatic rings. The maximum atomic E-state index is 12.9. The lowest BCUT2D eigenvalue weighted by Crippen LogP contribution is -2.26. The first kappa shape index (κ1) is 12.8. The number of nitrogens with two attached hydrogens (primary N) is 1. The van der Waals surface area contributed by atoms with Gasteiger partial charge in [0, 0.05) is 12.0 Å². The molecule has 1 aromatic carbocycles. The van der Waals surface area contributed by atoms with E-state index in [2.05, 4.69) is 0 Å². The number of carbonyl (C=O) groups excluding carboxylic acids is 1. The molecule has 0 unspecified atom stereocenters. The van der Waals surface area contributed by atoms with Crippen LogP contribution in [0, 0.1) is 17.0 Å². The molecule has 0 aromatic heterocycles. The van der Waals surface area contributed by atoms with Crippen molar-refractivity contribution >= 4 is 5.78 Å². The molecule has 0 radical (unpaired) electrons. The fraction of sp³-hybridized carbons (Fsp3) is 0.417. The zero-order chi connectivity index (χ0) is 12.3. The topological polar surface area (TPSA) is 43.1 Å². The lowest BCUT2D eigenvalue weighted by molar-refractivity contribution is 0.0934. The molecule has 0 aliphatic heterocycles. The van der Waals surface area contributed by atoms with Crippen LogP contribution in [-0.4, -0.2) is 12.3 Å². The van der Waals surface area contributed by atoms with E-state index in [-0.39, 0.29) is 23.2 Å². The number of halogens is 2. The van der Waals surface area contributed by atoms with Gasteiger partial charge in [0.05, 0.1) is 0 Å². The van der Waals surface area contributed by atoms with Crippen molar-refractivity contribution in [1.82, 2.24) is 0 Å². The third-order valence-electron chi connectivity index (χ3n) is 2.43. The molecule has 0 spiro atoms. The second-order valence-electron chi connectivity index (χ2n) is 4.60. The number of hydrogen-bond donors (Lipinski definition) is 1. The van der Waals surface area contributed by atoms with Gasteiger partial charge in [-0.05, 0) is 30.2 Å². The molecule has 0 amide bonds. The van der Waals surface area contributed by atoms with Gasteiger partial charge in [0.25, 0.3) is 0 Å². The van der Waals surface area contributed by atoms with Gasteiger partial charge in [-0.1, -0.05) is 13.8 Å². The molecule has 0 atom stereocenters. The van der Waals surface area contributed by atoms with Gasteiger partial charge in [-0.15, -0.1) is 0 Å². The van der Waals surface area contributed by atoms with E-state index in [4.69, 9.17) is 5.73 Å². The van der Waals surface area contributed by atoms with E-state index in [1.54, 1.807) is 0 Å². The SMILES string of the molecule is CC(C)(CN)CC(=O)c1ccc(F)c(F)c1. The number of hydrogen-bond acceptors (Lipinski definition) is 2. The molecule has 0 aliphatic carbocycles. The molecule has 88 valence electrons. The Balaban J connectivity index is 2.85. The molecule has 0 heterocycles. The van der Waals surface area contributed by atoms with Crippen LogP contribution in [-0.2, 0) is 0 Å². The van der Waals surface area contributed by atoms with Crippen LogP contribution in [0.1, 0.15) is 30.6 Å². The molecule has 2 nitrogen and oxygen atoms in total. The predicted molar refractivity (Wildman–Crippen MR) is 58.1 cm³/mol. The predicted octanol–water partition coefficient (Wildman–Crippen LogP) is 2.52. The Morgan fingerprint density at radius 1 is 1.31 bits per heavy atom. The van der Waals surface area contributed by atoms with Gasteiger partial charge >= 0.3 is 0 Å². The molecule has 0 bridgehead atoms. The number of benzene rings is 1. The number of ketones is 1. The third-order valence-corrected chi connectivity index (χ3v) is 2.43. The number of Topliss-reactive ketones (excluding diaryl/α,β-unsaturated/α-hetero) is 1. The quantitative estimate of drug-likeness (QED) is 0.803. The summed E-state index contributed by atoms with van der Waals surface area (Å²) in [5.74, 6) is -2.18. The fourth-order valence-corrected chi connectivity index (χ4v) is 1.28. The van der Waals surface area contributed by atoms with E-state index in [1.165, 1.54) is 6.07 Å². The van der Waals surface area contributed by atoms with Crippen molar-refractivity contribution in [2.24, 2.45) is 11.1 Å². The molecular weight excluding hydrogens is 212 g/mol. The van der Waals surface area contributed by atoms with Crippen LogP contribution in [0.3, 0.4) is 0 Å². The first-order valence-electron chi connectivity index (χ1n) is 5.04. The van der Waals surface area contributed by atoms with Crippen molar-refractivity contribution in [2.75, 3.05) is 6.54 Å². The smallest absolute Gasteiger partial charge is 0.163 e. The monoisotopic (exact) mass is 227 g/mol. The summed E-state index contributed by atoms with van der Waals surface area (Å²) in [5, 5.41) is 0. The Kier molecular flexibility index (Phi) is 3.75. The van der Waals surface area contributed by atoms with E-state index >= 15 is 0 Å². The summed E-state index contributed by atoms with van der Waals surface area (Å²) in [6.45, 7) is 4.07. The van der Waals surface area contributed by atoms with Crippen LogP contribution >= 0.6 is 0 Å². The summed E-state index contributed by atoms with van der Waals surface area (Å²) in [7, 11) is 0. The Labute approximate surface area is 93.5 Å². The van der Waals surface area contributed by atoms with Crippen LogP contribution in [0.25, 0.3) is 0 Å². The van der Waals surface area contributed by atoms with E-state index in [0.717, 1.165) is 12.1 Å². The summed E-state index contributed by atoms with van der Waals surface area (Å²) in [5.41, 5.74) is 5.35. The van der Waals surface area contributed by atoms with Crippen molar-refractivity contribution in [2.45, 2.75) is 20.3 Å². The van der Waals surface area contributed by atoms with Crippen molar-refractivity contribution < 1.29 is 13.6 Å². The minimum atomic E-state index is -1.00. The Morgan fingerprint density at radius 3 is 2.44 bits per heavy atom. The highest BCUT2D eigenvalue weighted by atomic mass is 19.2. The number of carbonyl (C=O) groups is 1. The van der Waals surface area contributed by atoms with Crippen LogP contribution < -0.4 is 5.73 Å². The Morgan fingerprint density at radius 2 is 1.94 bits per heavy atom. The summed E-state index contributed by atoms with van der Waals surface area (Å²) in [6, 6.07) is 3.16. The molecule has 0 aliphatic rings. The van der Waals surface area contributed by atoms with E-state index in [1.807, 2.05) is 13.8 Å². The molecule has 4 heteroatoms. The zero-order valence-electron chi connectivity index (χ0n) is 9.39. The van der Waals surface area contributed by atoms with Gasteiger partial charge in [0.1, 0.15) is 0 Å². The highest BCUT2D eigenvalue weighted by molar-refractivity contribution is 5.96. The second-order valence-corrected chi connectivity index (χ2v) is 4.60. The van der Waals surface area contributed by atoms with E-state index < -0.39 is 11.6 Å². The van der Waals surface area contributed by atoms with Gasteiger partial charge in [0.15, 0.2) is 17.4 Å². The number of rotatable bonds is 4. The average Bonchev–Trinajstić information content (AvgIpc) is 2.21. The summed E-state index contributed by atoms with van der Waals surface area (Å²) in [4.78, 5) is 11.7. The Bertz CT molecular complexity index is 402. The molecular formula is C12H15F2NO. The Hall–Kier alpha value is -1.29. The van der Waals surface area contributed by atoms with Crippen LogP contribution in [0.5, 0.6) is 0 Å². The second kappa shape index (κ2) is 4.70. The minimum absolute atomic E-state index is 0.181. The summed E-state index contributed by atoms with van der Waals surface area (Å²) >= 11 is 0. The van der Waals surface area contributed by atoms with E-state index in [9.17, 15) is 13.6 Å². The maximum Gasteiger partial charge on any atom is 0.163 e. The molecule has 0 saturated carbocycles. The first-order valence-corrected chi connectivity index (χ1v) is 5.04. The standard InChI is InChI=1S/C12H15F2NO/c1-12(2,7-15)6-11(16)8-3-4-9(13)10(14)5-8/h3-5H,6-7,15H2,1-2H3. The van der Waals surface area contributed by atoms with Gasteiger partial charge in [-0.2, -0.15) is 0 Å². The van der Waals surface area contributed by atoms with Gasteiger partial charge < -0.3 is 5.73 Å². The zero-order valence-corrected chi connectivity index (χ0v) is 9.39. The third kappa shape index (κ3) is 3.10. The lowest BCUT2D eigenvalue weighted by atomic mass is 9.86. The molecule has 0 saturated heterocycles.